The summed E-state index contributed by atoms with van der Waals surface area (Å²) in [6.45, 7) is 4.51. The smallest absolute Gasteiger partial charge is 0.0121 e. The van der Waals surface area contributed by atoms with Crippen molar-refractivity contribution in [3.63, 3.8) is 0 Å². The van der Waals surface area contributed by atoms with E-state index in [1.807, 2.05) is 4.93 Å². The number of alkyl halides is 1. The predicted molar refractivity (Wildman–Crippen MR) is 59.0 cm³/mol. The van der Waals surface area contributed by atoms with Crippen molar-refractivity contribution in [1.29, 1.82) is 0 Å². The third-order valence-electron chi connectivity index (χ3n) is 1.46. The first-order valence-electron chi connectivity index (χ1n) is 4.29. The Bertz CT molecular complexity index is 29.7. The van der Waals surface area contributed by atoms with Crippen molar-refractivity contribution in [3.05, 3.63) is 0 Å². The van der Waals surface area contributed by atoms with E-state index in [0.29, 0.717) is 0 Å². The van der Waals surface area contributed by atoms with E-state index in [2.05, 4.69) is 36.4 Å². The summed E-state index contributed by atoms with van der Waals surface area (Å²) >= 11 is 2.15. The van der Waals surface area contributed by atoms with Gasteiger partial charge in [0.2, 0.25) is 0 Å². The van der Waals surface area contributed by atoms with Gasteiger partial charge in [-0.15, -0.1) is 0 Å². The first kappa shape index (κ1) is 13.3. The van der Waals surface area contributed by atoms with Crippen molar-refractivity contribution in [3.8, 4) is 0 Å². The van der Waals surface area contributed by atoms with Crippen LogP contribution in [-0.4, -0.2) is 4.93 Å². The van der Waals surface area contributed by atoms with Crippen LogP contribution in [-0.2, 0) is 0 Å². The first-order chi connectivity index (χ1) is 4.91. The van der Waals surface area contributed by atoms with Gasteiger partial charge < -0.3 is 0 Å². The van der Waals surface area contributed by atoms with E-state index >= 15 is 0 Å². The molecule has 0 fully saturated rings. The van der Waals surface area contributed by atoms with E-state index in [1.165, 1.54) is 38.5 Å². The molecular weight excluding hydrogens is 235 g/mol. The number of rotatable bonds is 5. The fourth-order valence-corrected chi connectivity index (χ4v) is 0.854. The Morgan fingerprint density at radius 3 is 1.20 bits per heavy atom. The second-order valence-electron chi connectivity index (χ2n) is 2.41. The molecule has 0 aromatic heterocycles. The molecule has 0 unspecified atom stereocenters. The van der Waals surface area contributed by atoms with Gasteiger partial charge in [-0.3, -0.25) is 0 Å². The van der Waals surface area contributed by atoms with Crippen LogP contribution in [0.15, 0.2) is 0 Å². The zero-order valence-corrected chi connectivity index (χ0v) is 9.78. The fraction of sp³-hybridized carbons (Fsp3) is 1.00. The molecule has 0 spiro atoms. The van der Waals surface area contributed by atoms with Gasteiger partial charge in [0.1, 0.15) is 0 Å². The zero-order valence-electron chi connectivity index (χ0n) is 7.62. The molecule has 0 rings (SSSR count). The maximum Gasteiger partial charge on any atom is -0.0121 e. The Hall–Kier alpha value is 0.730. The van der Waals surface area contributed by atoms with Crippen molar-refractivity contribution >= 4 is 22.6 Å². The van der Waals surface area contributed by atoms with Gasteiger partial charge in [-0.2, -0.15) is 0 Å². The molecule has 0 aliphatic carbocycles. The van der Waals surface area contributed by atoms with E-state index < -0.39 is 0 Å². The Morgan fingerprint density at radius 2 is 1.00 bits per heavy atom. The van der Waals surface area contributed by atoms with Gasteiger partial charge in [-0.1, -0.05) is 75.0 Å². The number of unbranched alkanes of at least 4 members (excludes halogenated alkanes) is 5. The SMILES string of the molecule is CCCCCCCC.CI. The molecule has 0 atom stereocenters. The summed E-state index contributed by atoms with van der Waals surface area (Å²) in [5.74, 6) is 0. The highest BCUT2D eigenvalue weighted by atomic mass is 127. The molecule has 0 saturated heterocycles. The molecule has 0 heterocycles. The lowest BCUT2D eigenvalue weighted by atomic mass is 10.1. The summed E-state index contributed by atoms with van der Waals surface area (Å²) in [6, 6.07) is 0. The van der Waals surface area contributed by atoms with Crippen molar-refractivity contribution in [2.75, 3.05) is 4.93 Å². The van der Waals surface area contributed by atoms with Crippen LogP contribution in [0.3, 0.4) is 0 Å². The van der Waals surface area contributed by atoms with Crippen LogP contribution in [0.2, 0.25) is 0 Å². The Labute approximate surface area is 79.9 Å². The number of hydrogen-bond donors (Lipinski definition) is 0. The quantitative estimate of drug-likeness (QED) is 0.388. The molecule has 0 radical (unpaired) electrons. The average Bonchev–Trinajstić information content (AvgIpc) is 2.02. The standard InChI is InChI=1S/C8H18.CH3I/c1-3-5-7-8-6-4-2;1-2/h3-8H2,1-2H3;1H3. The van der Waals surface area contributed by atoms with Gasteiger partial charge >= 0.3 is 0 Å². The minimum absolute atomic E-state index is 1.36. The van der Waals surface area contributed by atoms with Crippen molar-refractivity contribution in [2.24, 2.45) is 0 Å². The van der Waals surface area contributed by atoms with E-state index in [4.69, 9.17) is 0 Å². The highest BCUT2D eigenvalue weighted by Gasteiger charge is 1.83. The topological polar surface area (TPSA) is 0 Å². The predicted octanol–water partition coefficient (Wildman–Crippen LogP) is 4.42. The van der Waals surface area contributed by atoms with Crippen LogP contribution < -0.4 is 0 Å². The number of halogens is 1. The van der Waals surface area contributed by atoms with Gasteiger partial charge in [-0.05, 0) is 4.93 Å². The summed E-state index contributed by atoms with van der Waals surface area (Å²) < 4.78 is 0. The third-order valence-corrected chi connectivity index (χ3v) is 1.46. The van der Waals surface area contributed by atoms with Gasteiger partial charge in [0.05, 0.1) is 0 Å². The molecule has 0 aliphatic rings. The second kappa shape index (κ2) is 16.4. The minimum atomic E-state index is 1.36. The summed E-state index contributed by atoms with van der Waals surface area (Å²) in [7, 11) is 0. The lowest BCUT2D eigenvalue weighted by Gasteiger charge is -1.93. The highest BCUT2D eigenvalue weighted by molar-refractivity contribution is 14.1. The normalized spacial score (nSPS) is 8.40. The van der Waals surface area contributed by atoms with E-state index in [-0.39, 0.29) is 0 Å². The Balaban J connectivity index is 0. The van der Waals surface area contributed by atoms with Crippen LogP contribution in [0.25, 0.3) is 0 Å². The summed E-state index contributed by atoms with van der Waals surface area (Å²) in [5.41, 5.74) is 0. The molecule has 0 aromatic rings. The van der Waals surface area contributed by atoms with Gasteiger partial charge in [-0.25, -0.2) is 0 Å². The van der Waals surface area contributed by atoms with Gasteiger partial charge in [0.15, 0.2) is 0 Å². The molecular formula is C9H21I. The van der Waals surface area contributed by atoms with Crippen LogP contribution in [0, 0.1) is 0 Å². The molecule has 1 heteroatoms. The summed E-state index contributed by atoms with van der Waals surface area (Å²) in [4.78, 5) is 1.97. The molecule has 0 aliphatic heterocycles. The van der Waals surface area contributed by atoms with E-state index in [0.717, 1.165) is 0 Å². The maximum absolute atomic E-state index is 2.26. The van der Waals surface area contributed by atoms with Crippen molar-refractivity contribution < 1.29 is 0 Å². The Morgan fingerprint density at radius 1 is 0.700 bits per heavy atom. The summed E-state index contributed by atoms with van der Waals surface area (Å²) in [5, 5.41) is 0. The largest absolute Gasteiger partial charge is 0.0901 e. The van der Waals surface area contributed by atoms with Crippen molar-refractivity contribution in [1.82, 2.24) is 0 Å². The van der Waals surface area contributed by atoms with E-state index in [9.17, 15) is 0 Å². The maximum atomic E-state index is 2.26. The average molecular weight is 256 g/mol. The lowest BCUT2D eigenvalue weighted by molar-refractivity contribution is 0.624. The van der Waals surface area contributed by atoms with Crippen LogP contribution in [0.4, 0.5) is 0 Å². The zero-order chi connectivity index (χ0) is 8.24. The van der Waals surface area contributed by atoms with Gasteiger partial charge in [0.25, 0.3) is 0 Å². The molecule has 0 bridgehead atoms. The molecule has 0 amide bonds. The van der Waals surface area contributed by atoms with Crippen molar-refractivity contribution in [2.45, 2.75) is 52.4 Å². The fourth-order valence-electron chi connectivity index (χ4n) is 0.854. The van der Waals surface area contributed by atoms with E-state index in [1.54, 1.807) is 0 Å². The van der Waals surface area contributed by atoms with Crippen LogP contribution in [0.1, 0.15) is 52.4 Å². The number of hydrogen-bond acceptors (Lipinski definition) is 0. The molecule has 64 valence electrons. The first-order valence-corrected chi connectivity index (χ1v) is 6.45. The highest BCUT2D eigenvalue weighted by Crippen LogP contribution is 2.03. The van der Waals surface area contributed by atoms with Crippen LogP contribution in [0.5, 0.6) is 0 Å². The minimum Gasteiger partial charge on any atom is -0.0901 e. The molecule has 10 heavy (non-hydrogen) atoms. The monoisotopic (exact) mass is 256 g/mol. The second-order valence-corrected chi connectivity index (χ2v) is 2.41. The molecule has 0 aromatic carbocycles. The third kappa shape index (κ3) is 15.9. The molecule has 0 saturated carbocycles. The Kier molecular flexibility index (Phi) is 21.8. The van der Waals surface area contributed by atoms with Gasteiger partial charge in [0, 0.05) is 0 Å². The van der Waals surface area contributed by atoms with Crippen LogP contribution >= 0.6 is 22.6 Å². The molecule has 0 N–H and O–H groups in total. The summed E-state index contributed by atoms with van der Waals surface area (Å²) in [6.07, 6.45) is 8.49. The lowest BCUT2D eigenvalue weighted by Crippen LogP contribution is -1.73. The molecule has 0 nitrogen and oxygen atoms in total.